The van der Waals surface area contributed by atoms with Crippen molar-refractivity contribution in [2.24, 2.45) is 11.8 Å². The summed E-state index contributed by atoms with van der Waals surface area (Å²) in [6.07, 6.45) is 2.44. The molecule has 0 saturated carbocycles. The zero-order chi connectivity index (χ0) is 44.2. The molecule has 6 aromatic rings. The van der Waals surface area contributed by atoms with Gasteiger partial charge in [-0.15, -0.1) is 0 Å². The first-order chi connectivity index (χ1) is 30.3. The molecule has 5 heterocycles. The number of alkyl carbamates (subject to hydrolysis) is 2. The number of rotatable bonds is 9. The van der Waals surface area contributed by atoms with Crippen molar-refractivity contribution in [1.29, 1.82) is 0 Å². The van der Waals surface area contributed by atoms with Gasteiger partial charge < -0.3 is 44.6 Å². The highest BCUT2D eigenvalue weighted by molar-refractivity contribution is 6.78. The Morgan fingerprint density at radius 2 is 1.32 bits per heavy atom. The van der Waals surface area contributed by atoms with E-state index in [4.69, 9.17) is 24.2 Å². The molecular weight excluding hydrogens is 817 g/mol. The molecule has 4 atom stereocenters. The van der Waals surface area contributed by atoms with Crippen LogP contribution in [0.25, 0.3) is 54.7 Å². The van der Waals surface area contributed by atoms with Gasteiger partial charge in [0.25, 0.3) is 0 Å². The number of hydrogen-bond acceptors (Lipinski definition) is 9. The summed E-state index contributed by atoms with van der Waals surface area (Å²) in [4.78, 5) is 73.9. The maximum Gasteiger partial charge on any atom is 0.407 e. The Labute approximate surface area is 366 Å². The number of benzene rings is 4. The van der Waals surface area contributed by atoms with Gasteiger partial charge in [0.1, 0.15) is 23.7 Å². The summed E-state index contributed by atoms with van der Waals surface area (Å²) in [5, 5.41) is 9.74. The third-order valence-corrected chi connectivity index (χ3v) is 16.0. The fourth-order valence-electron chi connectivity index (χ4n) is 10.1. The summed E-state index contributed by atoms with van der Waals surface area (Å²) in [5.41, 5.74) is 5.66. The SMILES string of the molecule is COC(=O)NC(C(=O)N1CCC[C@H]1c1nc2c(ccc3cc(-c4ccc5c(ccc6[nH]c(C7C[Si](C)(C)CN7C(=O)C(NC(=O)OC)C7CCOCC7)nc65)c4)ccc32)[nH]1)C(C)C. The first-order valence-corrected chi connectivity index (χ1v) is 25.5. The summed E-state index contributed by atoms with van der Waals surface area (Å²) in [6, 6.07) is 20.2. The van der Waals surface area contributed by atoms with Gasteiger partial charge in [0.2, 0.25) is 11.8 Å². The number of aromatic amines is 2. The molecule has 15 nitrogen and oxygen atoms in total. The predicted molar refractivity (Wildman–Crippen MR) is 244 cm³/mol. The standard InChI is InChI=1S/C47H56N8O7Si/c1-26(2)38(52-46(58)60-3)44(56)54-19-7-8-36(54)42-48-34-15-11-30-22-28(9-13-32(30)40(34)50-42)29-10-14-33-31(23-29)12-16-35-41(33)51-43(49-35)37-24-63(5,6)25-55(37)45(57)39(53-47(59)61-4)27-17-20-62-21-18-27/h9-16,22-23,26-27,36-39H,7-8,17-21,24-25H2,1-6H3,(H,48,50)(H,49,51)(H,52,58)(H,53,59)/t36-,37?,38?,39?/m0/s1. The molecular formula is C47H56N8O7Si. The first kappa shape index (κ1) is 42.3. The molecule has 0 bridgehead atoms. The molecule has 63 heavy (non-hydrogen) atoms. The van der Waals surface area contributed by atoms with Crippen LogP contribution >= 0.6 is 0 Å². The molecule has 3 unspecified atom stereocenters. The minimum atomic E-state index is -1.82. The number of carbonyl (C=O) groups is 4. The molecule has 4 amide bonds. The van der Waals surface area contributed by atoms with Crippen LogP contribution in [0.15, 0.2) is 60.7 Å². The molecule has 3 aliphatic heterocycles. The number of imidazole rings is 2. The molecule has 0 aliphatic carbocycles. The van der Waals surface area contributed by atoms with E-state index in [-0.39, 0.29) is 35.7 Å². The van der Waals surface area contributed by atoms with Gasteiger partial charge in [-0.1, -0.05) is 63.3 Å². The number of methoxy groups -OCH3 is 2. The summed E-state index contributed by atoms with van der Waals surface area (Å²) >= 11 is 0. The highest BCUT2D eigenvalue weighted by atomic mass is 28.3. The second kappa shape index (κ2) is 16.9. The van der Waals surface area contributed by atoms with Crippen LogP contribution in [0.4, 0.5) is 9.59 Å². The van der Waals surface area contributed by atoms with Crippen LogP contribution in [0.3, 0.4) is 0 Å². The van der Waals surface area contributed by atoms with Crippen LogP contribution < -0.4 is 10.6 Å². The van der Waals surface area contributed by atoms with Gasteiger partial charge in [0.05, 0.1) is 56.4 Å². The van der Waals surface area contributed by atoms with E-state index < -0.39 is 32.3 Å². The fourth-order valence-corrected chi connectivity index (χ4v) is 12.9. The Bertz CT molecular complexity index is 2740. The van der Waals surface area contributed by atoms with Crippen molar-refractivity contribution in [1.82, 2.24) is 40.4 Å². The molecule has 0 radical (unpaired) electrons. The van der Waals surface area contributed by atoms with Crippen LogP contribution in [0, 0.1) is 11.8 Å². The molecule has 3 saturated heterocycles. The molecule has 3 fully saturated rings. The predicted octanol–water partition coefficient (Wildman–Crippen LogP) is 7.74. The second-order valence-electron chi connectivity index (χ2n) is 18.5. The minimum absolute atomic E-state index is 0.0403. The second-order valence-corrected chi connectivity index (χ2v) is 23.6. The van der Waals surface area contributed by atoms with Crippen molar-refractivity contribution in [3.8, 4) is 11.1 Å². The van der Waals surface area contributed by atoms with Crippen molar-refractivity contribution in [3.05, 3.63) is 72.3 Å². The van der Waals surface area contributed by atoms with Crippen LogP contribution in [0.1, 0.15) is 63.3 Å². The van der Waals surface area contributed by atoms with Crippen LogP contribution in [0.2, 0.25) is 19.1 Å². The van der Waals surface area contributed by atoms with Crippen LogP contribution in [-0.4, -0.2) is 114 Å². The highest BCUT2D eigenvalue weighted by Crippen LogP contribution is 2.40. The van der Waals surface area contributed by atoms with E-state index in [9.17, 15) is 19.2 Å². The van der Waals surface area contributed by atoms with E-state index in [0.29, 0.717) is 38.8 Å². The Hall–Kier alpha value is -6.00. The van der Waals surface area contributed by atoms with Crippen LogP contribution in [-0.2, 0) is 23.8 Å². The molecule has 16 heteroatoms. The zero-order valence-electron chi connectivity index (χ0n) is 36.7. The highest BCUT2D eigenvalue weighted by Gasteiger charge is 2.47. The smallest absolute Gasteiger partial charge is 0.407 e. The van der Waals surface area contributed by atoms with Crippen molar-refractivity contribution in [2.45, 2.75) is 82.8 Å². The number of H-pyrrole nitrogens is 2. The Kier molecular flexibility index (Phi) is 11.4. The number of fused-ring (bicyclic) bond motifs is 6. The van der Waals surface area contributed by atoms with E-state index in [1.165, 1.54) is 14.2 Å². The Morgan fingerprint density at radius 3 is 1.89 bits per heavy atom. The summed E-state index contributed by atoms with van der Waals surface area (Å²) < 4.78 is 15.3. The average Bonchev–Trinajstić information content (AvgIpc) is 4.11. The molecule has 2 aromatic heterocycles. The molecule has 3 aliphatic rings. The average molecular weight is 873 g/mol. The lowest BCUT2D eigenvalue weighted by molar-refractivity contribution is -0.136. The van der Waals surface area contributed by atoms with Gasteiger partial charge >= 0.3 is 12.2 Å². The Balaban J connectivity index is 0.980. The van der Waals surface area contributed by atoms with Gasteiger partial charge in [-0.25, -0.2) is 19.6 Å². The van der Waals surface area contributed by atoms with Gasteiger partial charge in [-0.3, -0.25) is 9.59 Å². The van der Waals surface area contributed by atoms with E-state index in [2.05, 4.69) is 88.3 Å². The van der Waals surface area contributed by atoms with E-state index in [1.807, 2.05) is 29.7 Å². The maximum absolute atomic E-state index is 14.4. The first-order valence-electron chi connectivity index (χ1n) is 22.1. The summed E-state index contributed by atoms with van der Waals surface area (Å²) in [7, 11) is 0.797. The number of amides is 4. The number of hydrogen-bond donors (Lipinski definition) is 4. The number of nitrogens with zero attached hydrogens (tertiary/aromatic N) is 4. The van der Waals surface area contributed by atoms with Gasteiger partial charge in [0.15, 0.2) is 0 Å². The quantitative estimate of drug-likeness (QED) is 0.106. The fraction of sp³-hybridized carbons (Fsp3) is 0.447. The van der Waals surface area contributed by atoms with Crippen molar-refractivity contribution < 1.29 is 33.4 Å². The monoisotopic (exact) mass is 872 g/mol. The number of carbonyl (C=O) groups excluding carboxylic acids is 4. The normalized spacial score (nSPS) is 20.2. The van der Waals surface area contributed by atoms with E-state index in [1.54, 1.807) is 0 Å². The lowest BCUT2D eigenvalue weighted by Gasteiger charge is -2.34. The third-order valence-electron chi connectivity index (χ3n) is 13.3. The Morgan fingerprint density at radius 1 is 0.746 bits per heavy atom. The summed E-state index contributed by atoms with van der Waals surface area (Å²) in [6.45, 7) is 10.1. The van der Waals surface area contributed by atoms with E-state index in [0.717, 1.165) is 85.3 Å². The lowest BCUT2D eigenvalue weighted by Crippen LogP contribution is -2.53. The summed E-state index contributed by atoms with van der Waals surface area (Å²) in [5.74, 6) is 1.12. The third kappa shape index (κ3) is 8.10. The van der Waals surface area contributed by atoms with E-state index >= 15 is 0 Å². The number of ether oxygens (including phenoxy) is 3. The van der Waals surface area contributed by atoms with Crippen LogP contribution in [0.5, 0.6) is 0 Å². The number of likely N-dealkylation sites (tertiary alicyclic amines) is 1. The van der Waals surface area contributed by atoms with Crippen molar-refractivity contribution in [3.63, 3.8) is 0 Å². The maximum atomic E-state index is 14.4. The molecule has 0 spiro atoms. The van der Waals surface area contributed by atoms with Gasteiger partial charge in [-0.05, 0) is 89.7 Å². The number of aromatic nitrogens is 4. The van der Waals surface area contributed by atoms with Crippen molar-refractivity contribution in [2.75, 3.05) is 40.1 Å². The van der Waals surface area contributed by atoms with Crippen molar-refractivity contribution >= 4 is 75.7 Å². The molecule has 9 rings (SSSR count). The lowest BCUT2D eigenvalue weighted by atomic mass is 9.90. The zero-order valence-corrected chi connectivity index (χ0v) is 37.7. The largest absolute Gasteiger partial charge is 0.453 e. The molecule has 330 valence electrons. The number of nitrogens with one attached hydrogen (secondary N) is 4. The topological polar surface area (TPSA) is 184 Å². The van der Waals surface area contributed by atoms with Gasteiger partial charge in [-0.2, -0.15) is 0 Å². The van der Waals surface area contributed by atoms with Gasteiger partial charge in [0, 0.05) is 36.7 Å². The molecule has 4 aromatic carbocycles. The minimum Gasteiger partial charge on any atom is -0.453 e. The molecule has 4 N–H and O–H groups in total.